The molecular formula is C19H18FNO3. The smallest absolute Gasteiger partial charge is 0.331 e. The van der Waals surface area contributed by atoms with E-state index in [2.05, 4.69) is 5.32 Å². The van der Waals surface area contributed by atoms with Crippen LogP contribution in [0.5, 0.6) is 0 Å². The van der Waals surface area contributed by atoms with Crippen LogP contribution >= 0.6 is 0 Å². The van der Waals surface area contributed by atoms with Gasteiger partial charge in [-0.05, 0) is 48.7 Å². The second-order valence-electron chi connectivity index (χ2n) is 5.31. The van der Waals surface area contributed by atoms with Crippen LogP contribution in [0.1, 0.15) is 16.7 Å². The highest BCUT2D eigenvalue weighted by molar-refractivity contribution is 5.95. The van der Waals surface area contributed by atoms with Crippen molar-refractivity contribution in [2.24, 2.45) is 0 Å². The molecule has 0 radical (unpaired) electrons. The van der Waals surface area contributed by atoms with Gasteiger partial charge in [-0.15, -0.1) is 0 Å². The maximum absolute atomic E-state index is 13.0. The van der Waals surface area contributed by atoms with Crippen LogP contribution in [0.4, 0.5) is 10.1 Å². The fourth-order valence-corrected chi connectivity index (χ4v) is 2.15. The third-order valence-corrected chi connectivity index (χ3v) is 3.35. The predicted octanol–water partition coefficient (Wildman–Crippen LogP) is 3.64. The number of carbonyl (C=O) groups excluding carboxylic acids is 2. The topological polar surface area (TPSA) is 55.4 Å². The number of hydrogen-bond donors (Lipinski definition) is 1. The van der Waals surface area contributed by atoms with E-state index in [-0.39, 0.29) is 6.61 Å². The van der Waals surface area contributed by atoms with Crippen molar-refractivity contribution >= 4 is 23.6 Å². The Kier molecular flexibility index (Phi) is 5.84. The molecule has 1 amide bonds. The molecule has 0 aliphatic heterocycles. The molecule has 0 saturated heterocycles. The zero-order chi connectivity index (χ0) is 17.5. The minimum atomic E-state index is -0.670. The zero-order valence-corrected chi connectivity index (χ0v) is 13.5. The van der Waals surface area contributed by atoms with Crippen LogP contribution in [0.2, 0.25) is 0 Å². The monoisotopic (exact) mass is 327 g/mol. The summed E-state index contributed by atoms with van der Waals surface area (Å²) in [7, 11) is 0. The summed E-state index contributed by atoms with van der Waals surface area (Å²) in [6.07, 6.45) is 2.58. The highest BCUT2D eigenvalue weighted by atomic mass is 19.1. The first-order valence-electron chi connectivity index (χ1n) is 7.42. The van der Waals surface area contributed by atoms with E-state index < -0.39 is 17.7 Å². The van der Waals surface area contributed by atoms with Gasteiger partial charge in [-0.3, -0.25) is 4.79 Å². The Hall–Kier alpha value is -2.95. The second kappa shape index (κ2) is 8.06. The van der Waals surface area contributed by atoms with Gasteiger partial charge in [0.15, 0.2) is 6.61 Å². The van der Waals surface area contributed by atoms with Crippen LogP contribution in [-0.2, 0) is 14.3 Å². The number of ether oxygens (including phenoxy) is 1. The molecule has 4 nitrogen and oxygen atoms in total. The first kappa shape index (κ1) is 17.4. The highest BCUT2D eigenvalue weighted by Crippen LogP contribution is 2.19. The van der Waals surface area contributed by atoms with Crippen molar-refractivity contribution in [2.75, 3.05) is 11.9 Å². The SMILES string of the molecule is Cc1cccc(C)c1NC(=O)COC(=O)C=Cc1cccc(F)c1. The van der Waals surface area contributed by atoms with Gasteiger partial charge in [0.05, 0.1) is 0 Å². The number of para-hydroxylation sites is 1. The lowest BCUT2D eigenvalue weighted by Gasteiger charge is -2.11. The fraction of sp³-hybridized carbons (Fsp3) is 0.158. The van der Waals surface area contributed by atoms with E-state index in [9.17, 15) is 14.0 Å². The van der Waals surface area contributed by atoms with Crippen molar-refractivity contribution < 1.29 is 18.7 Å². The molecule has 2 rings (SSSR count). The summed E-state index contributed by atoms with van der Waals surface area (Å²) in [4.78, 5) is 23.5. The number of carbonyl (C=O) groups is 2. The molecule has 0 aromatic heterocycles. The maximum atomic E-state index is 13.0. The molecule has 0 atom stereocenters. The van der Waals surface area contributed by atoms with Crippen molar-refractivity contribution in [3.8, 4) is 0 Å². The molecule has 0 fully saturated rings. The van der Waals surface area contributed by atoms with E-state index >= 15 is 0 Å². The van der Waals surface area contributed by atoms with Crippen molar-refractivity contribution in [2.45, 2.75) is 13.8 Å². The summed E-state index contributed by atoms with van der Waals surface area (Å²) in [5.74, 6) is -1.48. The Morgan fingerprint density at radius 2 is 1.79 bits per heavy atom. The third-order valence-electron chi connectivity index (χ3n) is 3.35. The molecule has 0 aliphatic carbocycles. The van der Waals surface area contributed by atoms with Gasteiger partial charge in [0.2, 0.25) is 0 Å². The molecule has 2 aromatic rings. The maximum Gasteiger partial charge on any atom is 0.331 e. The van der Waals surface area contributed by atoms with Crippen LogP contribution < -0.4 is 5.32 Å². The average Bonchev–Trinajstić information content (AvgIpc) is 2.54. The average molecular weight is 327 g/mol. The fourth-order valence-electron chi connectivity index (χ4n) is 2.15. The molecule has 0 unspecified atom stereocenters. The zero-order valence-electron chi connectivity index (χ0n) is 13.5. The minimum Gasteiger partial charge on any atom is -0.452 e. The number of benzene rings is 2. The molecule has 24 heavy (non-hydrogen) atoms. The largest absolute Gasteiger partial charge is 0.452 e. The number of amides is 1. The summed E-state index contributed by atoms with van der Waals surface area (Å²) in [5.41, 5.74) is 3.11. The molecule has 2 aromatic carbocycles. The quantitative estimate of drug-likeness (QED) is 0.674. The number of nitrogens with one attached hydrogen (secondary N) is 1. The normalized spacial score (nSPS) is 10.6. The number of rotatable bonds is 5. The van der Waals surface area contributed by atoms with E-state index in [0.717, 1.165) is 17.2 Å². The Morgan fingerprint density at radius 3 is 2.46 bits per heavy atom. The Labute approximate surface area is 140 Å². The summed E-state index contributed by atoms with van der Waals surface area (Å²) < 4.78 is 17.9. The number of hydrogen-bond acceptors (Lipinski definition) is 3. The van der Waals surface area contributed by atoms with Crippen molar-refractivity contribution in [3.63, 3.8) is 0 Å². The second-order valence-corrected chi connectivity index (χ2v) is 5.31. The van der Waals surface area contributed by atoms with Gasteiger partial charge in [-0.2, -0.15) is 0 Å². The summed E-state index contributed by atoms with van der Waals surface area (Å²) in [6.45, 7) is 3.38. The lowest BCUT2D eigenvalue weighted by molar-refractivity contribution is -0.142. The van der Waals surface area contributed by atoms with E-state index in [1.165, 1.54) is 24.3 Å². The number of halogens is 1. The number of aryl methyl sites for hydroxylation is 2. The van der Waals surface area contributed by atoms with E-state index in [4.69, 9.17) is 4.74 Å². The number of esters is 1. The van der Waals surface area contributed by atoms with Gasteiger partial charge < -0.3 is 10.1 Å². The highest BCUT2D eigenvalue weighted by Gasteiger charge is 2.09. The van der Waals surface area contributed by atoms with Gasteiger partial charge in [0.25, 0.3) is 5.91 Å². The van der Waals surface area contributed by atoms with Crippen LogP contribution in [0.3, 0.4) is 0 Å². The molecule has 0 saturated carbocycles. The molecule has 5 heteroatoms. The first-order valence-corrected chi connectivity index (χ1v) is 7.42. The van der Waals surface area contributed by atoms with Crippen molar-refractivity contribution in [1.29, 1.82) is 0 Å². The molecule has 0 bridgehead atoms. The summed E-state index contributed by atoms with van der Waals surface area (Å²) >= 11 is 0. The molecule has 0 aliphatic rings. The Morgan fingerprint density at radius 1 is 1.12 bits per heavy atom. The van der Waals surface area contributed by atoms with Gasteiger partial charge in [-0.1, -0.05) is 30.3 Å². The standard InChI is InChI=1S/C19H18FNO3/c1-13-5-3-6-14(2)19(13)21-17(22)12-24-18(23)10-9-15-7-4-8-16(20)11-15/h3-11H,12H2,1-2H3,(H,21,22). The molecule has 1 N–H and O–H groups in total. The predicted molar refractivity (Wildman–Crippen MR) is 90.9 cm³/mol. The Bertz CT molecular complexity index is 764. The van der Waals surface area contributed by atoms with Crippen LogP contribution in [-0.4, -0.2) is 18.5 Å². The van der Waals surface area contributed by atoms with E-state index in [1.54, 1.807) is 6.07 Å². The van der Waals surface area contributed by atoms with Crippen LogP contribution in [0.15, 0.2) is 48.5 Å². The molecule has 124 valence electrons. The van der Waals surface area contributed by atoms with Gasteiger partial charge >= 0.3 is 5.97 Å². The minimum absolute atomic E-state index is 0.389. The number of anilines is 1. The lowest BCUT2D eigenvalue weighted by atomic mass is 10.1. The van der Waals surface area contributed by atoms with Crippen LogP contribution in [0.25, 0.3) is 6.08 Å². The molecule has 0 heterocycles. The van der Waals surface area contributed by atoms with E-state index in [0.29, 0.717) is 11.3 Å². The van der Waals surface area contributed by atoms with E-state index in [1.807, 2.05) is 32.0 Å². The van der Waals surface area contributed by atoms with Gasteiger partial charge in [0.1, 0.15) is 5.82 Å². The molecule has 0 spiro atoms. The summed E-state index contributed by atoms with van der Waals surface area (Å²) in [6, 6.07) is 11.5. The summed E-state index contributed by atoms with van der Waals surface area (Å²) in [5, 5.41) is 2.73. The van der Waals surface area contributed by atoms with Gasteiger partial charge in [0, 0.05) is 11.8 Å². The lowest BCUT2D eigenvalue weighted by Crippen LogP contribution is -2.21. The van der Waals surface area contributed by atoms with Crippen molar-refractivity contribution in [3.05, 3.63) is 71.0 Å². The molecular weight excluding hydrogens is 309 g/mol. The Balaban J connectivity index is 1.86. The van der Waals surface area contributed by atoms with Crippen molar-refractivity contribution in [1.82, 2.24) is 0 Å². The van der Waals surface area contributed by atoms with Crippen LogP contribution in [0, 0.1) is 19.7 Å². The third kappa shape index (κ3) is 5.05. The van der Waals surface area contributed by atoms with Gasteiger partial charge in [-0.25, -0.2) is 9.18 Å². The first-order chi connectivity index (χ1) is 11.5.